The molecule has 4 nitrogen and oxygen atoms in total. The Morgan fingerprint density at radius 2 is 2.00 bits per heavy atom. The summed E-state index contributed by atoms with van der Waals surface area (Å²) in [4.78, 5) is 23.7. The van der Waals surface area contributed by atoms with Crippen molar-refractivity contribution in [2.75, 3.05) is 0 Å². The van der Waals surface area contributed by atoms with Gasteiger partial charge in [0.15, 0.2) is 0 Å². The lowest BCUT2D eigenvalue weighted by Crippen LogP contribution is -2.49. The van der Waals surface area contributed by atoms with E-state index in [1.807, 2.05) is 31.2 Å². The monoisotopic (exact) mass is 355 g/mol. The summed E-state index contributed by atoms with van der Waals surface area (Å²) in [5, 5.41) is 11.6. The van der Waals surface area contributed by atoms with Gasteiger partial charge in [0.25, 0.3) is 0 Å². The van der Waals surface area contributed by atoms with Crippen LogP contribution in [0.1, 0.15) is 37.3 Å². The molecule has 0 aliphatic heterocycles. The van der Waals surface area contributed by atoms with Gasteiger partial charge in [0.1, 0.15) is 0 Å². The molecular formula is C21H22FNO3. The minimum absolute atomic E-state index is 0.0922. The smallest absolute Gasteiger partial charge is 0.332 e. The molecule has 0 aromatic heterocycles. The Bertz CT molecular complexity index is 853. The van der Waals surface area contributed by atoms with Crippen molar-refractivity contribution >= 4 is 17.4 Å². The number of alkyl halides is 1. The normalized spacial score (nSPS) is 25.2. The molecule has 1 amide bonds. The predicted molar refractivity (Wildman–Crippen MR) is 98.0 cm³/mol. The first kappa shape index (κ1) is 18.1. The predicted octanol–water partition coefficient (Wildman–Crippen LogP) is 3.93. The fourth-order valence-corrected chi connectivity index (χ4v) is 3.46. The van der Waals surface area contributed by atoms with Crippen LogP contribution in [0.5, 0.6) is 0 Å². The van der Waals surface area contributed by atoms with Crippen LogP contribution in [0.4, 0.5) is 4.39 Å². The van der Waals surface area contributed by atoms with Crippen molar-refractivity contribution in [1.29, 1.82) is 0 Å². The lowest BCUT2D eigenvalue weighted by atomic mass is 9.87. The maximum atomic E-state index is 15.3. The van der Waals surface area contributed by atoms with Crippen molar-refractivity contribution < 1.29 is 19.1 Å². The lowest BCUT2D eigenvalue weighted by Gasteiger charge is -2.31. The van der Waals surface area contributed by atoms with Gasteiger partial charge in [-0.05, 0) is 43.4 Å². The largest absolute Gasteiger partial charge is 0.478 e. The lowest BCUT2D eigenvalue weighted by molar-refractivity contribution is -0.133. The van der Waals surface area contributed by atoms with E-state index < -0.39 is 23.6 Å². The minimum atomic E-state index is -2.04. The molecule has 0 bridgehead atoms. The van der Waals surface area contributed by atoms with Crippen LogP contribution in [0.2, 0.25) is 0 Å². The maximum Gasteiger partial charge on any atom is 0.332 e. The summed E-state index contributed by atoms with van der Waals surface area (Å²) in [6, 6.07) is 7.93. The van der Waals surface area contributed by atoms with E-state index in [1.54, 1.807) is 19.1 Å². The quantitative estimate of drug-likeness (QED) is 0.804. The zero-order chi connectivity index (χ0) is 18.9. The van der Waals surface area contributed by atoms with E-state index in [1.165, 1.54) is 6.08 Å². The van der Waals surface area contributed by atoms with E-state index in [4.69, 9.17) is 0 Å². The summed E-state index contributed by atoms with van der Waals surface area (Å²) >= 11 is 0. The second-order valence-electron chi connectivity index (χ2n) is 6.95. The number of halogens is 1. The van der Waals surface area contributed by atoms with Gasteiger partial charge < -0.3 is 10.4 Å². The van der Waals surface area contributed by atoms with E-state index in [-0.39, 0.29) is 11.1 Å². The van der Waals surface area contributed by atoms with Crippen molar-refractivity contribution in [3.8, 4) is 0 Å². The van der Waals surface area contributed by atoms with Crippen LogP contribution < -0.4 is 5.32 Å². The molecule has 0 heterocycles. The Morgan fingerprint density at radius 3 is 2.65 bits per heavy atom. The summed E-state index contributed by atoms with van der Waals surface area (Å²) in [6.45, 7) is 3.69. The molecule has 3 rings (SSSR count). The number of carbonyl (C=O) groups excluding carboxylic acids is 1. The summed E-state index contributed by atoms with van der Waals surface area (Å²) in [5.41, 5.74) is 3.28. The Morgan fingerprint density at radius 1 is 1.27 bits per heavy atom. The van der Waals surface area contributed by atoms with Crippen LogP contribution in [0.15, 0.2) is 53.6 Å². The molecule has 2 unspecified atom stereocenters. The highest BCUT2D eigenvalue weighted by molar-refractivity contribution is 6.03. The number of carboxylic acid groups (broad SMARTS) is 1. The molecule has 26 heavy (non-hydrogen) atoms. The van der Waals surface area contributed by atoms with E-state index in [0.29, 0.717) is 19.3 Å². The number of allylic oxidation sites excluding steroid dienone is 2. The van der Waals surface area contributed by atoms with Gasteiger partial charge in [-0.15, -0.1) is 0 Å². The molecule has 0 spiro atoms. The molecule has 2 atom stereocenters. The summed E-state index contributed by atoms with van der Waals surface area (Å²) in [5.74, 6) is -4.35. The van der Waals surface area contributed by atoms with Crippen molar-refractivity contribution in [1.82, 2.24) is 5.32 Å². The number of amides is 1. The van der Waals surface area contributed by atoms with Crippen LogP contribution >= 0.6 is 0 Å². The number of benzene rings is 1. The topological polar surface area (TPSA) is 66.4 Å². The second-order valence-corrected chi connectivity index (χ2v) is 6.95. The molecule has 2 aliphatic rings. The Balaban J connectivity index is 1.80. The van der Waals surface area contributed by atoms with Gasteiger partial charge in [0.2, 0.25) is 11.7 Å². The van der Waals surface area contributed by atoms with Gasteiger partial charge in [-0.2, -0.15) is 0 Å². The van der Waals surface area contributed by atoms with E-state index in [9.17, 15) is 14.7 Å². The average molecular weight is 355 g/mol. The number of carboxylic acids is 1. The molecule has 5 heteroatoms. The van der Waals surface area contributed by atoms with Gasteiger partial charge in [0.05, 0.1) is 0 Å². The summed E-state index contributed by atoms with van der Waals surface area (Å²) in [6.07, 6.45) is 6.12. The SMILES string of the molecule is Cc1cccc(C2=CC(C)C(F)(NC(=O)C3=C(C(=O)O)CCC3)C=C2)c1. The van der Waals surface area contributed by atoms with Gasteiger partial charge in [-0.25, -0.2) is 9.18 Å². The van der Waals surface area contributed by atoms with E-state index in [0.717, 1.165) is 16.7 Å². The highest BCUT2D eigenvalue weighted by Gasteiger charge is 2.38. The number of hydrogen-bond acceptors (Lipinski definition) is 2. The fourth-order valence-electron chi connectivity index (χ4n) is 3.46. The van der Waals surface area contributed by atoms with Gasteiger partial charge in [-0.1, -0.05) is 48.9 Å². The Hall–Kier alpha value is -2.69. The fraction of sp³-hybridized carbons (Fsp3) is 0.333. The highest BCUT2D eigenvalue weighted by Crippen LogP contribution is 2.34. The van der Waals surface area contributed by atoms with Gasteiger partial charge >= 0.3 is 5.97 Å². The second kappa shape index (κ2) is 6.90. The van der Waals surface area contributed by atoms with Crippen molar-refractivity contribution in [3.63, 3.8) is 0 Å². The van der Waals surface area contributed by atoms with Gasteiger partial charge in [-0.3, -0.25) is 4.79 Å². The number of aryl methyl sites for hydroxylation is 1. The standard InChI is InChI=1S/C21H22FNO3/c1-13-5-3-6-15(11-13)16-9-10-21(22,14(2)12-16)23-19(24)17-7-4-8-18(17)20(25)26/h3,5-6,9-12,14H,4,7-8H2,1-2H3,(H,23,24)(H,25,26). The van der Waals surface area contributed by atoms with E-state index in [2.05, 4.69) is 5.32 Å². The number of nitrogens with one attached hydrogen (secondary N) is 1. The molecule has 0 radical (unpaired) electrons. The van der Waals surface area contributed by atoms with Crippen LogP contribution in [0.25, 0.3) is 5.57 Å². The third kappa shape index (κ3) is 3.47. The van der Waals surface area contributed by atoms with Crippen LogP contribution in [0.3, 0.4) is 0 Å². The van der Waals surface area contributed by atoms with Crippen molar-refractivity contribution in [2.24, 2.45) is 5.92 Å². The third-order valence-corrected chi connectivity index (χ3v) is 5.00. The number of aliphatic carboxylic acids is 1. The third-order valence-electron chi connectivity index (χ3n) is 5.00. The highest BCUT2D eigenvalue weighted by atomic mass is 19.1. The zero-order valence-electron chi connectivity index (χ0n) is 14.9. The van der Waals surface area contributed by atoms with E-state index >= 15 is 4.39 Å². The molecule has 1 aromatic carbocycles. The Labute approximate surface area is 152 Å². The Kier molecular flexibility index (Phi) is 4.81. The first-order valence-electron chi connectivity index (χ1n) is 8.75. The minimum Gasteiger partial charge on any atom is -0.478 e. The molecule has 0 fully saturated rings. The van der Waals surface area contributed by atoms with Crippen LogP contribution in [-0.4, -0.2) is 22.8 Å². The van der Waals surface area contributed by atoms with Crippen LogP contribution in [-0.2, 0) is 9.59 Å². The summed E-state index contributed by atoms with van der Waals surface area (Å²) < 4.78 is 15.3. The molecule has 0 saturated carbocycles. The molecule has 2 aliphatic carbocycles. The number of carbonyl (C=O) groups is 2. The molecule has 136 valence electrons. The molecule has 2 N–H and O–H groups in total. The first-order valence-corrected chi connectivity index (χ1v) is 8.75. The number of hydrogen-bond donors (Lipinski definition) is 2. The average Bonchev–Trinajstić information content (AvgIpc) is 3.07. The number of rotatable bonds is 4. The van der Waals surface area contributed by atoms with Crippen molar-refractivity contribution in [2.45, 2.75) is 38.9 Å². The van der Waals surface area contributed by atoms with Crippen LogP contribution in [0, 0.1) is 12.8 Å². The maximum absolute atomic E-state index is 15.3. The molecular weight excluding hydrogens is 333 g/mol. The zero-order valence-corrected chi connectivity index (χ0v) is 14.9. The molecule has 1 aromatic rings. The molecule has 0 saturated heterocycles. The van der Waals surface area contributed by atoms with Gasteiger partial charge in [0, 0.05) is 17.1 Å². The first-order chi connectivity index (χ1) is 12.3. The van der Waals surface area contributed by atoms with Crippen molar-refractivity contribution in [3.05, 3.63) is 64.8 Å². The summed E-state index contributed by atoms with van der Waals surface area (Å²) in [7, 11) is 0.